The van der Waals surface area contributed by atoms with Crippen LogP contribution in [0.4, 0.5) is 4.79 Å². The molecule has 1 aliphatic carbocycles. The Hall–Kier alpha value is -3.64. The van der Waals surface area contributed by atoms with Gasteiger partial charge in [-0.25, -0.2) is 9.78 Å². The molecule has 0 saturated carbocycles. The quantitative estimate of drug-likeness (QED) is 0.353. The van der Waals surface area contributed by atoms with E-state index in [2.05, 4.69) is 30.1 Å². The number of likely N-dealkylation sites (tertiary alicyclic amines) is 1. The summed E-state index contributed by atoms with van der Waals surface area (Å²) in [4.78, 5) is 23.9. The zero-order chi connectivity index (χ0) is 25.0. The van der Waals surface area contributed by atoms with Crippen LogP contribution in [-0.4, -0.2) is 39.2 Å². The molecule has 1 fully saturated rings. The molecule has 1 N–H and O–H groups in total. The third kappa shape index (κ3) is 4.05. The Morgan fingerprint density at radius 1 is 1.00 bits per heavy atom. The van der Waals surface area contributed by atoms with Crippen LogP contribution < -0.4 is 0 Å². The number of nitrogens with one attached hydrogen (secondary N) is 1. The topological polar surface area (TPSA) is 67.4 Å². The summed E-state index contributed by atoms with van der Waals surface area (Å²) in [6.45, 7) is 8.63. The van der Waals surface area contributed by atoms with Crippen LogP contribution in [-0.2, 0) is 9.47 Å². The molecule has 0 radical (unpaired) electrons. The standard InChI is InChI=1S/C30H31N3O3/c1-18-13-14-24-25(15-18)32-28(31-24)26-16-19(36-30(2,3)4)17-33(26)29(34)35-27-22-11-7-5-9-20(22)21-10-6-8-12-23(21)27/h5-15,19,26-27H,16-17H2,1-4H3,(H,31,32). The number of amides is 1. The van der Waals surface area contributed by atoms with Crippen LogP contribution in [0, 0.1) is 6.92 Å². The smallest absolute Gasteiger partial charge is 0.411 e. The van der Waals surface area contributed by atoms with E-state index in [1.807, 2.05) is 69.3 Å². The van der Waals surface area contributed by atoms with Crippen molar-refractivity contribution in [2.75, 3.05) is 6.54 Å². The SMILES string of the molecule is Cc1ccc2nc(C3CC(OC(C)(C)C)CN3C(=O)OC3c4ccccc4-c4ccccc43)[nH]c2c1. The highest BCUT2D eigenvalue weighted by Gasteiger charge is 2.42. The monoisotopic (exact) mass is 481 g/mol. The van der Waals surface area contributed by atoms with Crippen LogP contribution in [0.15, 0.2) is 66.7 Å². The number of fused-ring (bicyclic) bond motifs is 4. The molecule has 0 bridgehead atoms. The number of hydrogen-bond acceptors (Lipinski definition) is 4. The maximum atomic E-state index is 13.8. The normalized spacial score (nSPS) is 19.5. The van der Waals surface area contributed by atoms with Gasteiger partial charge in [-0.1, -0.05) is 54.6 Å². The molecule has 0 spiro atoms. The van der Waals surface area contributed by atoms with E-state index in [9.17, 15) is 4.79 Å². The minimum absolute atomic E-state index is 0.111. The summed E-state index contributed by atoms with van der Waals surface area (Å²) >= 11 is 0. The molecular formula is C30H31N3O3. The maximum Gasteiger partial charge on any atom is 0.411 e. The van der Waals surface area contributed by atoms with Gasteiger partial charge in [0, 0.05) is 17.5 Å². The fourth-order valence-corrected chi connectivity index (χ4v) is 5.55. The number of hydrogen-bond donors (Lipinski definition) is 1. The predicted molar refractivity (Wildman–Crippen MR) is 140 cm³/mol. The number of rotatable bonds is 3. The molecule has 2 unspecified atom stereocenters. The minimum atomic E-state index is -0.438. The van der Waals surface area contributed by atoms with Gasteiger partial charge in [0.25, 0.3) is 0 Å². The molecule has 3 aromatic carbocycles. The Kier molecular flexibility index (Phi) is 5.38. The molecule has 184 valence electrons. The number of aryl methyl sites for hydroxylation is 1. The van der Waals surface area contributed by atoms with Crippen LogP contribution in [0.2, 0.25) is 0 Å². The lowest BCUT2D eigenvalue weighted by molar-refractivity contribution is -0.0541. The van der Waals surface area contributed by atoms with Gasteiger partial charge >= 0.3 is 6.09 Å². The summed E-state index contributed by atoms with van der Waals surface area (Å²) in [6, 6.07) is 22.2. The van der Waals surface area contributed by atoms with Gasteiger partial charge in [-0.3, -0.25) is 4.90 Å². The van der Waals surface area contributed by atoms with Crippen LogP contribution in [0.25, 0.3) is 22.2 Å². The molecule has 1 amide bonds. The highest BCUT2D eigenvalue weighted by molar-refractivity contribution is 5.80. The van der Waals surface area contributed by atoms with Gasteiger partial charge in [-0.2, -0.15) is 0 Å². The number of imidazole rings is 1. The highest BCUT2D eigenvalue weighted by atomic mass is 16.6. The van der Waals surface area contributed by atoms with Gasteiger partial charge in [0.05, 0.1) is 35.3 Å². The summed E-state index contributed by atoms with van der Waals surface area (Å²) in [5.74, 6) is 0.764. The summed E-state index contributed by atoms with van der Waals surface area (Å²) < 4.78 is 12.6. The molecule has 2 atom stereocenters. The van der Waals surface area contributed by atoms with Gasteiger partial charge in [0.2, 0.25) is 0 Å². The number of carbonyl (C=O) groups is 1. The van der Waals surface area contributed by atoms with Crippen molar-refractivity contribution in [3.63, 3.8) is 0 Å². The van der Waals surface area contributed by atoms with Crippen molar-refractivity contribution in [3.8, 4) is 11.1 Å². The lowest BCUT2D eigenvalue weighted by Gasteiger charge is -2.26. The second-order valence-electron chi connectivity index (χ2n) is 10.8. The fraction of sp³-hybridized carbons (Fsp3) is 0.333. The zero-order valence-electron chi connectivity index (χ0n) is 21.1. The molecule has 6 rings (SSSR count). The van der Waals surface area contributed by atoms with Gasteiger partial charge in [0.1, 0.15) is 5.82 Å². The van der Waals surface area contributed by atoms with Crippen molar-refractivity contribution < 1.29 is 14.3 Å². The molecular weight excluding hydrogens is 450 g/mol. The molecule has 1 aromatic heterocycles. The van der Waals surface area contributed by atoms with Crippen LogP contribution >= 0.6 is 0 Å². The van der Waals surface area contributed by atoms with Crippen LogP contribution in [0.3, 0.4) is 0 Å². The number of ether oxygens (including phenoxy) is 2. The second kappa shape index (κ2) is 8.49. The molecule has 36 heavy (non-hydrogen) atoms. The van der Waals surface area contributed by atoms with E-state index in [4.69, 9.17) is 14.5 Å². The highest BCUT2D eigenvalue weighted by Crippen LogP contribution is 2.46. The molecule has 6 nitrogen and oxygen atoms in total. The van der Waals surface area contributed by atoms with Crippen molar-refractivity contribution in [2.24, 2.45) is 0 Å². The molecule has 2 aliphatic rings. The lowest BCUT2D eigenvalue weighted by Crippen LogP contribution is -2.35. The Morgan fingerprint density at radius 2 is 1.67 bits per heavy atom. The van der Waals surface area contributed by atoms with Crippen molar-refractivity contribution >= 4 is 17.1 Å². The van der Waals surface area contributed by atoms with E-state index in [0.717, 1.165) is 44.7 Å². The van der Waals surface area contributed by atoms with Crippen LogP contribution in [0.5, 0.6) is 0 Å². The molecule has 6 heteroatoms. The molecule has 1 saturated heterocycles. The maximum absolute atomic E-state index is 13.8. The average molecular weight is 482 g/mol. The van der Waals surface area contributed by atoms with E-state index in [1.54, 1.807) is 4.90 Å². The molecule has 4 aromatic rings. The summed E-state index contributed by atoms with van der Waals surface area (Å²) in [6.07, 6.45) is -0.247. The average Bonchev–Trinajstić information content (AvgIpc) is 3.52. The molecule has 2 heterocycles. The van der Waals surface area contributed by atoms with E-state index < -0.39 is 6.10 Å². The Balaban J connectivity index is 1.33. The van der Waals surface area contributed by atoms with Crippen molar-refractivity contribution in [3.05, 3.63) is 89.2 Å². The third-order valence-electron chi connectivity index (χ3n) is 6.98. The van der Waals surface area contributed by atoms with Crippen molar-refractivity contribution in [1.82, 2.24) is 14.9 Å². The Labute approximate surface area is 211 Å². The number of benzene rings is 3. The Morgan fingerprint density at radius 3 is 2.33 bits per heavy atom. The number of aromatic amines is 1. The zero-order valence-corrected chi connectivity index (χ0v) is 21.1. The summed E-state index contributed by atoms with van der Waals surface area (Å²) in [5, 5.41) is 0. The van der Waals surface area contributed by atoms with Crippen LogP contribution in [0.1, 0.15) is 61.9 Å². The predicted octanol–water partition coefficient (Wildman–Crippen LogP) is 6.71. The van der Waals surface area contributed by atoms with Gasteiger partial charge in [-0.15, -0.1) is 0 Å². The van der Waals surface area contributed by atoms with Gasteiger partial charge in [-0.05, 0) is 56.5 Å². The van der Waals surface area contributed by atoms with Gasteiger partial charge < -0.3 is 14.5 Å². The first-order chi connectivity index (χ1) is 17.3. The minimum Gasteiger partial charge on any atom is -0.436 e. The first-order valence-electron chi connectivity index (χ1n) is 12.6. The summed E-state index contributed by atoms with van der Waals surface area (Å²) in [7, 11) is 0. The first kappa shape index (κ1) is 22.8. The van der Waals surface area contributed by atoms with E-state index >= 15 is 0 Å². The number of carbonyl (C=O) groups excluding carboxylic acids is 1. The van der Waals surface area contributed by atoms with Crippen molar-refractivity contribution in [1.29, 1.82) is 0 Å². The largest absolute Gasteiger partial charge is 0.436 e. The number of nitrogens with zero attached hydrogens (tertiary/aromatic N) is 2. The first-order valence-corrected chi connectivity index (χ1v) is 12.6. The second-order valence-corrected chi connectivity index (χ2v) is 10.8. The Bertz CT molecular complexity index is 1410. The molecule has 1 aliphatic heterocycles. The fourth-order valence-electron chi connectivity index (χ4n) is 5.55. The van der Waals surface area contributed by atoms with Crippen molar-refractivity contribution in [2.45, 2.75) is 58.0 Å². The van der Waals surface area contributed by atoms with Gasteiger partial charge in [0.15, 0.2) is 6.10 Å². The van der Waals surface area contributed by atoms with E-state index in [1.165, 1.54) is 0 Å². The third-order valence-corrected chi connectivity index (χ3v) is 6.98. The lowest BCUT2D eigenvalue weighted by atomic mass is 10.1. The number of aromatic nitrogens is 2. The van der Waals surface area contributed by atoms with E-state index in [-0.39, 0.29) is 23.8 Å². The summed E-state index contributed by atoms with van der Waals surface area (Å²) in [5.41, 5.74) is 6.97. The van der Waals surface area contributed by atoms with E-state index in [0.29, 0.717) is 13.0 Å². The number of H-pyrrole nitrogens is 1.